The van der Waals surface area contributed by atoms with Gasteiger partial charge in [-0.1, -0.05) is 18.9 Å². The van der Waals surface area contributed by atoms with Crippen molar-refractivity contribution >= 4 is 21.6 Å². The number of primary sulfonamides is 1. The lowest BCUT2D eigenvalue weighted by molar-refractivity contribution is -0.121. The molecule has 0 bridgehead atoms. The summed E-state index contributed by atoms with van der Waals surface area (Å²) in [6, 6.07) is 5.82. The zero-order chi connectivity index (χ0) is 14.1. The lowest BCUT2D eigenvalue weighted by atomic mass is 9.98. The summed E-state index contributed by atoms with van der Waals surface area (Å²) in [6.45, 7) is 0. The van der Waals surface area contributed by atoms with Gasteiger partial charge in [-0.2, -0.15) is 0 Å². The average Bonchev–Trinajstić information content (AvgIpc) is 2.77. The molecule has 1 aliphatic carbocycles. The molecule has 7 heteroatoms. The third-order valence-electron chi connectivity index (χ3n) is 3.37. The lowest BCUT2D eigenvalue weighted by Crippen LogP contribution is -2.48. The van der Waals surface area contributed by atoms with E-state index in [-0.39, 0.29) is 10.8 Å². The number of rotatable bonds is 3. The van der Waals surface area contributed by atoms with E-state index in [9.17, 15) is 13.2 Å². The molecular weight excluding hydrogens is 266 g/mol. The topological polar surface area (TPSA) is 115 Å². The zero-order valence-electron chi connectivity index (χ0n) is 10.4. The molecule has 0 heterocycles. The SMILES string of the molecule is NC1(C(=O)Nc2cccc(S(N)(=O)=O)c2)CCCC1. The van der Waals surface area contributed by atoms with E-state index in [1.165, 1.54) is 18.2 Å². The second-order valence-electron chi connectivity index (χ2n) is 4.89. The molecule has 0 radical (unpaired) electrons. The molecule has 0 unspecified atom stereocenters. The Morgan fingerprint density at radius 1 is 1.26 bits per heavy atom. The molecule has 104 valence electrons. The molecule has 2 rings (SSSR count). The molecule has 1 fully saturated rings. The second-order valence-corrected chi connectivity index (χ2v) is 6.45. The Balaban J connectivity index is 2.18. The molecule has 19 heavy (non-hydrogen) atoms. The summed E-state index contributed by atoms with van der Waals surface area (Å²) in [4.78, 5) is 12.0. The molecule has 1 aromatic rings. The van der Waals surface area contributed by atoms with Crippen LogP contribution in [0.25, 0.3) is 0 Å². The van der Waals surface area contributed by atoms with E-state index >= 15 is 0 Å². The van der Waals surface area contributed by atoms with Gasteiger partial charge in [0.15, 0.2) is 0 Å². The molecule has 1 amide bonds. The van der Waals surface area contributed by atoms with Crippen molar-refractivity contribution in [3.05, 3.63) is 24.3 Å². The summed E-state index contributed by atoms with van der Waals surface area (Å²) in [5.41, 5.74) is 5.55. The number of hydrogen-bond acceptors (Lipinski definition) is 4. The summed E-state index contributed by atoms with van der Waals surface area (Å²) in [7, 11) is -3.78. The molecule has 5 N–H and O–H groups in total. The second kappa shape index (κ2) is 4.92. The van der Waals surface area contributed by atoms with Crippen LogP contribution in [0.15, 0.2) is 29.2 Å². The molecule has 0 spiro atoms. The van der Waals surface area contributed by atoms with Crippen LogP contribution in [0.1, 0.15) is 25.7 Å². The minimum absolute atomic E-state index is 0.0391. The van der Waals surface area contributed by atoms with Crippen LogP contribution in [0.3, 0.4) is 0 Å². The molecular formula is C12H17N3O3S. The van der Waals surface area contributed by atoms with Gasteiger partial charge in [0.25, 0.3) is 0 Å². The highest BCUT2D eigenvalue weighted by Crippen LogP contribution is 2.28. The zero-order valence-corrected chi connectivity index (χ0v) is 11.2. The van der Waals surface area contributed by atoms with E-state index in [2.05, 4.69) is 5.32 Å². The van der Waals surface area contributed by atoms with Crippen molar-refractivity contribution in [1.82, 2.24) is 0 Å². The summed E-state index contributed by atoms with van der Waals surface area (Å²) >= 11 is 0. The first-order valence-electron chi connectivity index (χ1n) is 6.04. The van der Waals surface area contributed by atoms with Crippen molar-refractivity contribution < 1.29 is 13.2 Å². The third-order valence-corrected chi connectivity index (χ3v) is 4.28. The molecule has 0 saturated heterocycles. The molecule has 6 nitrogen and oxygen atoms in total. The van der Waals surface area contributed by atoms with E-state index in [1.807, 2.05) is 0 Å². The highest BCUT2D eigenvalue weighted by molar-refractivity contribution is 7.89. The maximum absolute atomic E-state index is 12.1. The Labute approximate surface area is 112 Å². The van der Waals surface area contributed by atoms with Gasteiger partial charge >= 0.3 is 0 Å². The Bertz CT molecular complexity index is 592. The number of carbonyl (C=O) groups excluding carboxylic acids is 1. The monoisotopic (exact) mass is 283 g/mol. The van der Waals surface area contributed by atoms with E-state index in [0.717, 1.165) is 12.8 Å². The van der Waals surface area contributed by atoms with Crippen LogP contribution in [-0.2, 0) is 14.8 Å². The van der Waals surface area contributed by atoms with Gasteiger partial charge in [0.2, 0.25) is 15.9 Å². The number of carbonyl (C=O) groups is 1. The lowest BCUT2D eigenvalue weighted by Gasteiger charge is -2.22. The maximum Gasteiger partial charge on any atom is 0.244 e. The molecule has 1 aliphatic rings. The van der Waals surface area contributed by atoms with Gasteiger partial charge in [-0.15, -0.1) is 0 Å². The molecule has 1 saturated carbocycles. The van der Waals surface area contributed by atoms with Crippen LogP contribution in [0.2, 0.25) is 0 Å². The first-order chi connectivity index (χ1) is 8.81. The van der Waals surface area contributed by atoms with Gasteiger partial charge < -0.3 is 11.1 Å². The number of sulfonamides is 1. The highest BCUT2D eigenvalue weighted by atomic mass is 32.2. The molecule has 0 atom stereocenters. The predicted octanol–water partition coefficient (Wildman–Crippen LogP) is 0.544. The number of nitrogens with one attached hydrogen (secondary N) is 1. The van der Waals surface area contributed by atoms with Crippen molar-refractivity contribution in [2.75, 3.05) is 5.32 Å². The van der Waals surface area contributed by atoms with Crippen molar-refractivity contribution in [2.45, 2.75) is 36.1 Å². The van der Waals surface area contributed by atoms with E-state index in [0.29, 0.717) is 18.5 Å². The third kappa shape index (κ3) is 3.12. The van der Waals surface area contributed by atoms with Crippen LogP contribution >= 0.6 is 0 Å². The quantitative estimate of drug-likeness (QED) is 0.751. The largest absolute Gasteiger partial charge is 0.324 e. The van der Waals surface area contributed by atoms with Gasteiger partial charge in [0, 0.05) is 5.69 Å². The Morgan fingerprint density at radius 3 is 2.47 bits per heavy atom. The fraction of sp³-hybridized carbons (Fsp3) is 0.417. The number of anilines is 1. The average molecular weight is 283 g/mol. The van der Waals surface area contributed by atoms with Gasteiger partial charge in [0.05, 0.1) is 10.4 Å². The van der Waals surface area contributed by atoms with Crippen LogP contribution in [0, 0.1) is 0 Å². The van der Waals surface area contributed by atoms with Crippen LogP contribution < -0.4 is 16.2 Å². The van der Waals surface area contributed by atoms with Crippen molar-refractivity contribution in [1.29, 1.82) is 0 Å². The van der Waals surface area contributed by atoms with E-state index < -0.39 is 15.6 Å². The van der Waals surface area contributed by atoms with E-state index in [4.69, 9.17) is 10.9 Å². The Hall–Kier alpha value is -1.44. The number of amides is 1. The number of hydrogen-bond donors (Lipinski definition) is 3. The summed E-state index contributed by atoms with van der Waals surface area (Å²) in [5.74, 6) is -0.281. The Kier molecular flexibility index (Phi) is 3.62. The van der Waals surface area contributed by atoms with Crippen molar-refractivity contribution in [3.63, 3.8) is 0 Å². The summed E-state index contributed by atoms with van der Waals surface area (Å²) in [6.07, 6.45) is 3.16. The van der Waals surface area contributed by atoms with Crippen LogP contribution in [0.4, 0.5) is 5.69 Å². The maximum atomic E-state index is 12.1. The summed E-state index contributed by atoms with van der Waals surface area (Å²) in [5, 5.41) is 7.69. The Morgan fingerprint density at radius 2 is 1.89 bits per heavy atom. The minimum atomic E-state index is -3.78. The van der Waals surface area contributed by atoms with Gasteiger partial charge in [-0.3, -0.25) is 4.79 Å². The predicted molar refractivity (Wildman–Crippen MR) is 71.8 cm³/mol. The summed E-state index contributed by atoms with van der Waals surface area (Å²) < 4.78 is 22.5. The van der Waals surface area contributed by atoms with Gasteiger partial charge in [-0.25, -0.2) is 13.6 Å². The van der Waals surface area contributed by atoms with Crippen molar-refractivity contribution in [3.8, 4) is 0 Å². The van der Waals surface area contributed by atoms with Crippen LogP contribution in [-0.4, -0.2) is 19.9 Å². The van der Waals surface area contributed by atoms with Gasteiger partial charge in [-0.05, 0) is 31.0 Å². The fourth-order valence-electron chi connectivity index (χ4n) is 2.24. The highest BCUT2D eigenvalue weighted by Gasteiger charge is 2.36. The van der Waals surface area contributed by atoms with E-state index in [1.54, 1.807) is 6.07 Å². The molecule has 0 aromatic heterocycles. The first kappa shape index (κ1) is 14.0. The normalized spacial score (nSPS) is 18.2. The smallest absolute Gasteiger partial charge is 0.244 e. The molecule has 1 aromatic carbocycles. The van der Waals surface area contributed by atoms with Gasteiger partial charge in [0.1, 0.15) is 0 Å². The number of nitrogens with two attached hydrogens (primary N) is 2. The number of benzene rings is 1. The first-order valence-corrected chi connectivity index (χ1v) is 7.59. The van der Waals surface area contributed by atoms with Crippen LogP contribution in [0.5, 0.6) is 0 Å². The molecule has 0 aliphatic heterocycles. The standard InChI is InChI=1S/C12H17N3O3S/c13-12(6-1-2-7-12)11(16)15-9-4-3-5-10(8-9)19(14,17)18/h3-5,8H,1-2,6-7,13H2,(H,15,16)(H2,14,17,18). The minimum Gasteiger partial charge on any atom is -0.324 e. The van der Waals surface area contributed by atoms with Crippen molar-refractivity contribution in [2.24, 2.45) is 10.9 Å². The fourth-order valence-corrected chi connectivity index (χ4v) is 2.80.